The molecular weight excluding hydrogens is 877 g/mol. The van der Waals surface area contributed by atoms with Gasteiger partial charge in [-0.25, -0.2) is 0 Å². The van der Waals surface area contributed by atoms with Crippen LogP contribution in [0.4, 0.5) is 17.1 Å². The van der Waals surface area contributed by atoms with Crippen molar-refractivity contribution in [3.8, 4) is 39.1 Å². The van der Waals surface area contributed by atoms with Crippen LogP contribution >= 0.6 is 11.3 Å². The molecule has 0 N–H and O–H groups in total. The molecule has 2 heterocycles. The second-order valence-electron chi connectivity index (χ2n) is 19.1. The van der Waals surface area contributed by atoms with E-state index in [1.165, 1.54) is 124 Å². The van der Waals surface area contributed by atoms with Crippen molar-refractivity contribution < 1.29 is 0 Å². The van der Waals surface area contributed by atoms with E-state index in [9.17, 15) is 0 Å². The van der Waals surface area contributed by atoms with E-state index in [0.717, 1.165) is 17.1 Å². The summed E-state index contributed by atoms with van der Waals surface area (Å²) >= 11 is 1.89. The van der Waals surface area contributed by atoms with Crippen molar-refractivity contribution in [2.75, 3.05) is 4.90 Å². The number of rotatable bonds is 7. The number of aryl methyl sites for hydroxylation is 2. The molecule has 0 unspecified atom stereocenters. The monoisotopic (exact) mass is 922 g/mol. The lowest BCUT2D eigenvalue weighted by atomic mass is 9.93. The first-order valence-electron chi connectivity index (χ1n) is 24.5. The molecule has 0 fully saturated rings. The summed E-state index contributed by atoms with van der Waals surface area (Å²) in [6.45, 7) is 4.44. The Balaban J connectivity index is 0.950. The van der Waals surface area contributed by atoms with Crippen LogP contribution in [0.5, 0.6) is 0 Å². The van der Waals surface area contributed by atoms with E-state index in [4.69, 9.17) is 0 Å². The highest BCUT2D eigenvalue weighted by atomic mass is 32.1. The number of para-hydroxylation sites is 1. The maximum Gasteiger partial charge on any atom is 0.0634 e. The second kappa shape index (κ2) is 16.4. The lowest BCUT2D eigenvalue weighted by molar-refractivity contribution is 1.17. The summed E-state index contributed by atoms with van der Waals surface area (Å²) in [7, 11) is 0. The van der Waals surface area contributed by atoms with Gasteiger partial charge in [0.1, 0.15) is 0 Å². The zero-order valence-corrected chi connectivity index (χ0v) is 40.2. The minimum absolute atomic E-state index is 1.10. The lowest BCUT2D eigenvalue weighted by Crippen LogP contribution is -2.10. The Hall–Kier alpha value is -8.76. The van der Waals surface area contributed by atoms with Crippen molar-refractivity contribution in [2.45, 2.75) is 13.8 Å². The Morgan fingerprint density at radius 3 is 1.44 bits per heavy atom. The van der Waals surface area contributed by atoms with Gasteiger partial charge in [0.05, 0.1) is 11.0 Å². The third kappa shape index (κ3) is 6.84. The summed E-state index contributed by atoms with van der Waals surface area (Å²) in [5, 5.41) is 12.8. The minimum Gasteiger partial charge on any atom is -0.310 e. The predicted molar refractivity (Wildman–Crippen MR) is 307 cm³/mol. The van der Waals surface area contributed by atoms with Gasteiger partial charge in [-0.1, -0.05) is 164 Å². The molecule has 0 spiro atoms. The summed E-state index contributed by atoms with van der Waals surface area (Å²) in [5.74, 6) is 0. The molecule has 0 saturated heterocycles. The highest BCUT2D eigenvalue weighted by molar-refractivity contribution is 7.26. The van der Waals surface area contributed by atoms with Gasteiger partial charge in [0.15, 0.2) is 0 Å². The molecular formula is C68H46N2S. The topological polar surface area (TPSA) is 8.17 Å². The summed E-state index contributed by atoms with van der Waals surface area (Å²) in [6, 6.07) is 89.8. The molecule has 2 aromatic heterocycles. The molecule has 14 aromatic rings. The van der Waals surface area contributed by atoms with Gasteiger partial charge in [0.2, 0.25) is 0 Å². The molecule has 0 atom stereocenters. The number of thiophene rings is 1. The van der Waals surface area contributed by atoms with Crippen LogP contribution in [0.3, 0.4) is 0 Å². The zero-order chi connectivity index (χ0) is 47.2. The van der Waals surface area contributed by atoms with Gasteiger partial charge in [0, 0.05) is 53.7 Å². The largest absolute Gasteiger partial charge is 0.310 e. The Morgan fingerprint density at radius 2 is 0.789 bits per heavy atom. The summed E-state index contributed by atoms with van der Waals surface area (Å²) in [4.78, 5) is 2.38. The Kier molecular flexibility index (Phi) is 9.55. The van der Waals surface area contributed by atoms with Crippen LogP contribution in [0.15, 0.2) is 243 Å². The van der Waals surface area contributed by atoms with Gasteiger partial charge in [-0.2, -0.15) is 0 Å². The number of anilines is 3. The van der Waals surface area contributed by atoms with Crippen LogP contribution in [0.2, 0.25) is 0 Å². The highest BCUT2D eigenvalue weighted by Gasteiger charge is 2.22. The number of hydrogen-bond donors (Lipinski definition) is 0. The maximum absolute atomic E-state index is 2.57. The fourth-order valence-electron chi connectivity index (χ4n) is 11.4. The lowest BCUT2D eigenvalue weighted by Gasteiger charge is -2.26. The molecule has 0 aliphatic carbocycles. The number of benzene rings is 12. The minimum atomic E-state index is 1.10. The van der Waals surface area contributed by atoms with Crippen molar-refractivity contribution >= 4 is 103 Å². The van der Waals surface area contributed by atoms with E-state index < -0.39 is 0 Å². The van der Waals surface area contributed by atoms with Crippen molar-refractivity contribution in [3.63, 3.8) is 0 Å². The smallest absolute Gasteiger partial charge is 0.0634 e. The van der Waals surface area contributed by atoms with Crippen LogP contribution < -0.4 is 4.90 Å². The van der Waals surface area contributed by atoms with Gasteiger partial charge in [0.25, 0.3) is 0 Å². The number of aromatic nitrogens is 1. The summed E-state index contributed by atoms with van der Waals surface area (Å²) in [6.07, 6.45) is 0. The first-order valence-corrected chi connectivity index (χ1v) is 25.3. The molecule has 2 nitrogen and oxygen atoms in total. The number of fused-ring (bicyclic) bond motifs is 13. The maximum atomic E-state index is 2.57. The standard InChI is InChI=1S/C68H46N2S/c1-43-35-44(2)37-54(36-43)70-64-42-61-58-26-12-10-24-56(58)55-23-9-11-25-57(55)60(61)41-62(64)59-32-34-66-67(68(59)70)63-40-50(31-33-65(63)71-66)49-18-14-22-53(39-49)69(51-19-7-4-8-20-51)52-21-13-17-48(38-52)47-29-27-46(28-30-47)45-15-5-3-6-16-45/h3-42H,1-2H3. The van der Waals surface area contributed by atoms with Gasteiger partial charge >= 0.3 is 0 Å². The van der Waals surface area contributed by atoms with E-state index in [2.05, 4.69) is 266 Å². The van der Waals surface area contributed by atoms with Crippen molar-refractivity contribution in [2.24, 2.45) is 0 Å². The highest BCUT2D eigenvalue weighted by Crippen LogP contribution is 2.47. The summed E-state index contributed by atoms with van der Waals surface area (Å²) in [5.41, 5.74) is 16.7. The van der Waals surface area contributed by atoms with Gasteiger partial charge in [-0.3, -0.25) is 0 Å². The van der Waals surface area contributed by atoms with Crippen molar-refractivity contribution in [1.82, 2.24) is 4.57 Å². The second-order valence-corrected chi connectivity index (χ2v) is 20.1. The van der Waals surface area contributed by atoms with E-state index >= 15 is 0 Å². The predicted octanol–water partition coefficient (Wildman–Crippen LogP) is 19.7. The van der Waals surface area contributed by atoms with Crippen LogP contribution in [-0.4, -0.2) is 4.57 Å². The first-order chi connectivity index (χ1) is 35.0. The van der Waals surface area contributed by atoms with E-state index in [0.29, 0.717) is 0 Å². The summed E-state index contributed by atoms with van der Waals surface area (Å²) < 4.78 is 5.14. The van der Waals surface area contributed by atoms with Crippen molar-refractivity contribution in [3.05, 3.63) is 254 Å². The van der Waals surface area contributed by atoms with Gasteiger partial charge in [-0.05, 0) is 170 Å². The van der Waals surface area contributed by atoms with Crippen molar-refractivity contribution in [1.29, 1.82) is 0 Å². The van der Waals surface area contributed by atoms with E-state index in [-0.39, 0.29) is 0 Å². The zero-order valence-electron chi connectivity index (χ0n) is 39.4. The molecule has 334 valence electrons. The van der Waals surface area contributed by atoms with Gasteiger partial charge in [-0.15, -0.1) is 11.3 Å². The van der Waals surface area contributed by atoms with E-state index in [1.54, 1.807) is 0 Å². The number of nitrogens with zero attached hydrogens (tertiary/aromatic N) is 2. The van der Waals surface area contributed by atoms with Gasteiger partial charge < -0.3 is 9.47 Å². The average Bonchev–Trinajstić information content (AvgIpc) is 3.96. The molecule has 3 heteroatoms. The Labute approximate surface area is 416 Å². The Morgan fingerprint density at radius 1 is 0.310 bits per heavy atom. The fraction of sp³-hybridized carbons (Fsp3) is 0.0294. The molecule has 0 aliphatic heterocycles. The normalized spacial score (nSPS) is 11.8. The fourth-order valence-corrected chi connectivity index (χ4v) is 12.5. The average molecular weight is 923 g/mol. The molecule has 0 bridgehead atoms. The van der Waals surface area contributed by atoms with Crippen LogP contribution in [0.1, 0.15) is 11.1 Å². The molecule has 12 aromatic carbocycles. The molecule has 0 saturated carbocycles. The van der Waals surface area contributed by atoms with Crippen LogP contribution in [0, 0.1) is 13.8 Å². The quantitative estimate of drug-likeness (QED) is 0.145. The van der Waals surface area contributed by atoms with Crippen LogP contribution in [0.25, 0.3) is 113 Å². The van der Waals surface area contributed by atoms with E-state index in [1.807, 2.05) is 11.3 Å². The molecule has 0 amide bonds. The number of hydrogen-bond acceptors (Lipinski definition) is 2. The molecule has 0 aliphatic rings. The SMILES string of the molecule is Cc1cc(C)cc(-n2c3cc4c5ccccc5c5ccccc5c4cc3c3ccc4sc5ccc(-c6cccc(N(c7ccccc7)c7cccc(-c8ccc(-c9ccccc9)cc8)c7)c6)cc5c4c32)c1. The molecule has 0 radical (unpaired) electrons. The molecule has 71 heavy (non-hydrogen) atoms. The van der Waals surface area contributed by atoms with Crippen LogP contribution in [-0.2, 0) is 0 Å². The Bertz CT molecular complexity index is 4390. The first kappa shape index (κ1) is 41.2. The third-order valence-electron chi connectivity index (χ3n) is 14.6. The third-order valence-corrected chi connectivity index (χ3v) is 15.7. The molecule has 14 rings (SSSR count).